The number of hydrogen-bond acceptors (Lipinski definition) is 4. The predicted octanol–water partition coefficient (Wildman–Crippen LogP) is 1.57. The summed E-state index contributed by atoms with van der Waals surface area (Å²) in [4.78, 5) is 27.6. The number of amides is 1. The maximum atomic E-state index is 11.7. The van der Waals surface area contributed by atoms with Crippen molar-refractivity contribution in [3.8, 4) is 0 Å². The van der Waals surface area contributed by atoms with Crippen LogP contribution >= 0.6 is 0 Å². The van der Waals surface area contributed by atoms with Crippen LogP contribution in [0, 0.1) is 10.1 Å². The zero-order valence-corrected chi connectivity index (χ0v) is 8.58. The number of nitro groups is 1. The van der Waals surface area contributed by atoms with Crippen LogP contribution in [-0.2, 0) is 0 Å². The van der Waals surface area contributed by atoms with E-state index in [0.29, 0.717) is 5.56 Å². The van der Waals surface area contributed by atoms with Gasteiger partial charge >= 0.3 is 5.82 Å². The Bertz CT molecular complexity index is 550. The lowest BCUT2D eigenvalue weighted by molar-refractivity contribution is -0.388. The van der Waals surface area contributed by atoms with Crippen molar-refractivity contribution in [2.45, 2.75) is 0 Å². The lowest BCUT2D eigenvalue weighted by Crippen LogP contribution is -2.13. The van der Waals surface area contributed by atoms with Gasteiger partial charge in [-0.25, -0.2) is 4.98 Å². The molecular weight excluding hydrogens is 224 g/mol. The number of carbonyl (C=O) groups is 1. The molecule has 17 heavy (non-hydrogen) atoms. The molecule has 0 unspecified atom stereocenters. The first kappa shape index (κ1) is 10.8. The van der Waals surface area contributed by atoms with E-state index in [2.05, 4.69) is 15.3 Å². The summed E-state index contributed by atoms with van der Waals surface area (Å²) in [6.07, 6.45) is 1.15. The molecule has 1 aromatic heterocycles. The first-order valence-electron chi connectivity index (χ1n) is 4.72. The Labute approximate surface area is 95.6 Å². The van der Waals surface area contributed by atoms with Gasteiger partial charge in [0.15, 0.2) is 6.33 Å². The third kappa shape index (κ3) is 2.28. The van der Waals surface area contributed by atoms with Gasteiger partial charge in [0.05, 0.1) is 0 Å². The summed E-state index contributed by atoms with van der Waals surface area (Å²) in [6.45, 7) is 0. The molecule has 2 aromatic rings. The summed E-state index contributed by atoms with van der Waals surface area (Å²) < 4.78 is 0. The van der Waals surface area contributed by atoms with Crippen LogP contribution in [0.5, 0.6) is 0 Å². The molecule has 7 nitrogen and oxygen atoms in total. The van der Waals surface area contributed by atoms with Gasteiger partial charge in [0.1, 0.15) is 0 Å². The number of imidazole rings is 1. The number of carbonyl (C=O) groups excluding carboxylic acids is 1. The van der Waals surface area contributed by atoms with Gasteiger partial charge in [-0.3, -0.25) is 10.1 Å². The van der Waals surface area contributed by atoms with Gasteiger partial charge in [-0.1, -0.05) is 18.2 Å². The number of hydrogen-bond donors (Lipinski definition) is 2. The van der Waals surface area contributed by atoms with Crippen LogP contribution in [0.3, 0.4) is 0 Å². The normalized spacial score (nSPS) is 9.88. The third-order valence-electron chi connectivity index (χ3n) is 2.07. The molecule has 0 fully saturated rings. The summed E-state index contributed by atoms with van der Waals surface area (Å²) >= 11 is 0. The molecular formula is C10H8N4O3. The van der Waals surface area contributed by atoms with Crippen LogP contribution in [-0.4, -0.2) is 20.8 Å². The average molecular weight is 232 g/mol. The number of aromatic nitrogens is 2. The number of benzene rings is 1. The number of nitrogens with zero attached hydrogens (tertiary/aromatic N) is 2. The van der Waals surface area contributed by atoms with Crippen molar-refractivity contribution in [1.29, 1.82) is 0 Å². The van der Waals surface area contributed by atoms with Crippen molar-refractivity contribution in [2.24, 2.45) is 0 Å². The molecule has 7 heteroatoms. The first-order valence-corrected chi connectivity index (χ1v) is 4.72. The predicted molar refractivity (Wildman–Crippen MR) is 59.6 cm³/mol. The molecule has 2 N–H and O–H groups in total. The van der Waals surface area contributed by atoms with Gasteiger partial charge in [-0.05, 0) is 17.1 Å². The molecule has 0 spiro atoms. The zero-order chi connectivity index (χ0) is 12.3. The number of anilines is 1. The minimum Gasteiger partial charge on any atom is -0.358 e. The van der Waals surface area contributed by atoms with Gasteiger partial charge < -0.3 is 10.1 Å². The average Bonchev–Trinajstić information content (AvgIpc) is 2.78. The molecule has 1 heterocycles. The van der Waals surface area contributed by atoms with Gasteiger partial charge in [0, 0.05) is 5.56 Å². The van der Waals surface area contributed by atoms with Crippen molar-refractivity contribution in [3.63, 3.8) is 0 Å². The van der Waals surface area contributed by atoms with E-state index in [1.165, 1.54) is 0 Å². The first-order chi connectivity index (χ1) is 8.18. The largest absolute Gasteiger partial charge is 0.365 e. The Balaban J connectivity index is 2.19. The molecule has 0 bridgehead atoms. The highest BCUT2D eigenvalue weighted by Crippen LogP contribution is 2.18. The summed E-state index contributed by atoms with van der Waals surface area (Å²) in [7, 11) is 0. The number of rotatable bonds is 3. The standard InChI is InChI=1S/C10H8N4O3/c15-10(7-4-2-1-3-5-7)13-8-9(14(16)17)12-6-11-8/h1-6H,(H,11,12)(H,13,15). The minimum atomic E-state index is -0.645. The van der Waals surface area contributed by atoms with Crippen LogP contribution in [0.15, 0.2) is 36.7 Å². The number of nitrogens with one attached hydrogen (secondary N) is 2. The second-order valence-corrected chi connectivity index (χ2v) is 3.18. The van der Waals surface area contributed by atoms with Crippen molar-refractivity contribution in [2.75, 3.05) is 5.32 Å². The smallest absolute Gasteiger partial charge is 0.358 e. The molecule has 0 atom stereocenters. The molecule has 0 radical (unpaired) electrons. The Hall–Kier alpha value is -2.70. The Kier molecular flexibility index (Phi) is 2.82. The highest BCUT2D eigenvalue weighted by molar-refractivity contribution is 6.04. The van der Waals surface area contributed by atoms with E-state index in [-0.39, 0.29) is 11.6 Å². The molecule has 0 saturated carbocycles. The van der Waals surface area contributed by atoms with Crippen LogP contribution in [0.1, 0.15) is 10.4 Å². The van der Waals surface area contributed by atoms with Crippen molar-refractivity contribution in [1.82, 2.24) is 9.97 Å². The van der Waals surface area contributed by atoms with Gasteiger partial charge in [0.25, 0.3) is 5.91 Å². The highest BCUT2D eigenvalue weighted by Gasteiger charge is 2.17. The van der Waals surface area contributed by atoms with E-state index >= 15 is 0 Å². The molecule has 1 amide bonds. The molecule has 0 aliphatic carbocycles. The van der Waals surface area contributed by atoms with E-state index in [1.807, 2.05) is 0 Å². The van der Waals surface area contributed by atoms with E-state index in [0.717, 1.165) is 6.33 Å². The maximum absolute atomic E-state index is 11.7. The Morgan fingerprint density at radius 1 is 1.35 bits per heavy atom. The quantitative estimate of drug-likeness (QED) is 0.619. The minimum absolute atomic E-state index is 0.0937. The SMILES string of the molecule is O=C(Nc1nc[nH]c1[N+](=O)[O-])c1ccccc1. The monoisotopic (exact) mass is 232 g/mol. The summed E-state index contributed by atoms with van der Waals surface area (Å²) in [6, 6.07) is 8.39. The van der Waals surface area contributed by atoms with Gasteiger partial charge in [0.2, 0.25) is 5.82 Å². The second kappa shape index (κ2) is 4.44. The fraction of sp³-hybridized carbons (Fsp3) is 0. The maximum Gasteiger partial charge on any atom is 0.365 e. The topological polar surface area (TPSA) is 101 Å². The van der Waals surface area contributed by atoms with Crippen LogP contribution in [0.25, 0.3) is 0 Å². The number of H-pyrrole nitrogens is 1. The van der Waals surface area contributed by atoms with E-state index in [9.17, 15) is 14.9 Å². The Morgan fingerprint density at radius 3 is 2.71 bits per heavy atom. The summed E-state index contributed by atoms with van der Waals surface area (Å²) in [5, 5.41) is 12.9. The lowest BCUT2D eigenvalue weighted by Gasteiger charge is -2.01. The summed E-state index contributed by atoms with van der Waals surface area (Å²) in [5.41, 5.74) is 0.407. The van der Waals surface area contributed by atoms with Crippen LogP contribution < -0.4 is 5.32 Å². The fourth-order valence-electron chi connectivity index (χ4n) is 1.29. The summed E-state index contributed by atoms with van der Waals surface area (Å²) in [5.74, 6) is -0.876. The van der Waals surface area contributed by atoms with Gasteiger partial charge in [-0.2, -0.15) is 4.98 Å². The fourth-order valence-corrected chi connectivity index (χ4v) is 1.29. The van der Waals surface area contributed by atoms with Crippen LogP contribution in [0.4, 0.5) is 11.6 Å². The van der Waals surface area contributed by atoms with E-state index in [1.54, 1.807) is 30.3 Å². The molecule has 86 valence electrons. The highest BCUT2D eigenvalue weighted by atomic mass is 16.6. The van der Waals surface area contributed by atoms with Gasteiger partial charge in [-0.15, -0.1) is 0 Å². The molecule has 0 aliphatic heterocycles. The lowest BCUT2D eigenvalue weighted by atomic mass is 10.2. The molecule has 0 aliphatic rings. The zero-order valence-electron chi connectivity index (χ0n) is 8.58. The van der Waals surface area contributed by atoms with Crippen molar-refractivity contribution >= 4 is 17.5 Å². The number of aromatic amines is 1. The van der Waals surface area contributed by atoms with E-state index in [4.69, 9.17) is 0 Å². The Morgan fingerprint density at radius 2 is 2.06 bits per heavy atom. The molecule has 0 saturated heterocycles. The second-order valence-electron chi connectivity index (χ2n) is 3.18. The van der Waals surface area contributed by atoms with Crippen molar-refractivity contribution < 1.29 is 9.72 Å². The third-order valence-corrected chi connectivity index (χ3v) is 2.07. The molecule has 2 rings (SSSR count). The molecule has 1 aromatic carbocycles. The van der Waals surface area contributed by atoms with Crippen LogP contribution in [0.2, 0.25) is 0 Å². The van der Waals surface area contributed by atoms with E-state index < -0.39 is 10.8 Å². The van der Waals surface area contributed by atoms with Crippen molar-refractivity contribution in [3.05, 3.63) is 52.3 Å².